The summed E-state index contributed by atoms with van der Waals surface area (Å²) in [5, 5.41) is 0. The van der Waals surface area contributed by atoms with E-state index >= 15 is 0 Å². The maximum absolute atomic E-state index is 13.3. The Hall–Kier alpha value is -1.20. The SMILES string of the molecule is Fc1cccc(OCCN2CC3(COC3)C2)c1F. The summed E-state index contributed by atoms with van der Waals surface area (Å²) < 4.78 is 36.6. The summed E-state index contributed by atoms with van der Waals surface area (Å²) in [6.45, 7) is 4.84. The summed E-state index contributed by atoms with van der Waals surface area (Å²) in [6, 6.07) is 3.96. The molecule has 2 fully saturated rings. The monoisotopic (exact) mass is 255 g/mol. The van der Waals surface area contributed by atoms with Crippen molar-refractivity contribution in [1.82, 2.24) is 4.90 Å². The molecule has 2 aliphatic rings. The Labute approximate surface area is 104 Å². The first-order chi connectivity index (χ1) is 8.69. The van der Waals surface area contributed by atoms with Crippen molar-refractivity contribution >= 4 is 0 Å². The summed E-state index contributed by atoms with van der Waals surface area (Å²) in [7, 11) is 0. The molecule has 2 aliphatic heterocycles. The van der Waals surface area contributed by atoms with Gasteiger partial charge in [-0.1, -0.05) is 6.07 Å². The van der Waals surface area contributed by atoms with Gasteiger partial charge in [0, 0.05) is 25.0 Å². The Morgan fingerprint density at radius 1 is 1.28 bits per heavy atom. The molecule has 3 nitrogen and oxygen atoms in total. The quantitative estimate of drug-likeness (QED) is 0.817. The van der Waals surface area contributed by atoms with Gasteiger partial charge >= 0.3 is 0 Å². The van der Waals surface area contributed by atoms with Gasteiger partial charge in [-0.15, -0.1) is 0 Å². The van der Waals surface area contributed by atoms with E-state index in [1.807, 2.05) is 0 Å². The number of nitrogens with zero attached hydrogens (tertiary/aromatic N) is 1. The molecule has 0 atom stereocenters. The molecule has 0 bridgehead atoms. The fourth-order valence-corrected chi connectivity index (χ4v) is 2.51. The highest BCUT2D eigenvalue weighted by molar-refractivity contribution is 5.25. The van der Waals surface area contributed by atoms with Crippen molar-refractivity contribution in [3.63, 3.8) is 0 Å². The summed E-state index contributed by atoms with van der Waals surface area (Å²) in [4.78, 5) is 2.24. The van der Waals surface area contributed by atoms with Crippen LogP contribution in [0.1, 0.15) is 0 Å². The van der Waals surface area contributed by atoms with Crippen LogP contribution >= 0.6 is 0 Å². The number of rotatable bonds is 4. The number of ether oxygens (including phenoxy) is 2. The highest BCUT2D eigenvalue weighted by Gasteiger charge is 2.48. The zero-order chi connectivity index (χ0) is 12.6. The van der Waals surface area contributed by atoms with E-state index in [4.69, 9.17) is 9.47 Å². The van der Waals surface area contributed by atoms with Gasteiger partial charge in [-0.05, 0) is 12.1 Å². The summed E-state index contributed by atoms with van der Waals surface area (Å²) in [6.07, 6.45) is 0. The molecule has 18 heavy (non-hydrogen) atoms. The molecule has 1 aromatic carbocycles. The molecule has 3 rings (SSSR count). The van der Waals surface area contributed by atoms with Gasteiger partial charge in [0.2, 0.25) is 5.82 Å². The van der Waals surface area contributed by atoms with Crippen molar-refractivity contribution in [1.29, 1.82) is 0 Å². The summed E-state index contributed by atoms with van der Waals surface area (Å²) in [5.74, 6) is -1.80. The smallest absolute Gasteiger partial charge is 0.200 e. The molecule has 0 unspecified atom stereocenters. The van der Waals surface area contributed by atoms with Crippen LogP contribution in [0.5, 0.6) is 5.75 Å². The molecule has 2 heterocycles. The molecule has 0 radical (unpaired) electrons. The first kappa shape index (κ1) is 11.9. The minimum atomic E-state index is -0.912. The third-order valence-electron chi connectivity index (χ3n) is 3.52. The fourth-order valence-electron chi connectivity index (χ4n) is 2.51. The Bertz CT molecular complexity index is 441. The highest BCUT2D eigenvalue weighted by Crippen LogP contribution is 2.37. The third-order valence-corrected chi connectivity index (χ3v) is 3.52. The van der Waals surface area contributed by atoms with Crippen LogP contribution in [0, 0.1) is 17.0 Å². The average Bonchev–Trinajstić information content (AvgIpc) is 2.24. The van der Waals surface area contributed by atoms with Crippen molar-refractivity contribution in [2.24, 2.45) is 5.41 Å². The number of hydrogen-bond acceptors (Lipinski definition) is 3. The van der Waals surface area contributed by atoms with Crippen molar-refractivity contribution in [3.8, 4) is 5.75 Å². The van der Waals surface area contributed by atoms with E-state index in [0.29, 0.717) is 12.0 Å². The lowest BCUT2D eigenvalue weighted by molar-refractivity contribution is -0.189. The van der Waals surface area contributed by atoms with Crippen LogP contribution in [0.2, 0.25) is 0 Å². The maximum atomic E-state index is 13.3. The van der Waals surface area contributed by atoms with Crippen LogP contribution in [-0.4, -0.2) is 44.4 Å². The van der Waals surface area contributed by atoms with Crippen LogP contribution in [0.4, 0.5) is 8.78 Å². The van der Waals surface area contributed by atoms with E-state index in [-0.39, 0.29) is 5.75 Å². The van der Waals surface area contributed by atoms with Gasteiger partial charge in [-0.2, -0.15) is 4.39 Å². The topological polar surface area (TPSA) is 21.7 Å². The summed E-state index contributed by atoms with van der Waals surface area (Å²) >= 11 is 0. The zero-order valence-electron chi connectivity index (χ0n) is 9.99. The van der Waals surface area contributed by atoms with Crippen LogP contribution in [0.15, 0.2) is 18.2 Å². The molecule has 5 heteroatoms. The molecule has 98 valence electrons. The second kappa shape index (κ2) is 4.48. The van der Waals surface area contributed by atoms with Gasteiger partial charge in [0.05, 0.1) is 13.2 Å². The van der Waals surface area contributed by atoms with Gasteiger partial charge < -0.3 is 9.47 Å². The zero-order valence-corrected chi connectivity index (χ0v) is 9.99. The van der Waals surface area contributed by atoms with E-state index in [2.05, 4.69) is 4.90 Å². The average molecular weight is 255 g/mol. The molecular formula is C13H15F2NO2. The van der Waals surface area contributed by atoms with Crippen molar-refractivity contribution in [3.05, 3.63) is 29.8 Å². The summed E-state index contributed by atoms with van der Waals surface area (Å²) in [5.41, 5.74) is 0.379. The lowest BCUT2D eigenvalue weighted by atomic mass is 9.78. The molecule has 1 spiro atoms. The van der Waals surface area contributed by atoms with Gasteiger partial charge in [0.15, 0.2) is 11.6 Å². The minimum Gasteiger partial charge on any atom is -0.489 e. The molecule has 2 saturated heterocycles. The highest BCUT2D eigenvalue weighted by atomic mass is 19.2. The van der Waals surface area contributed by atoms with E-state index < -0.39 is 11.6 Å². The van der Waals surface area contributed by atoms with Crippen molar-refractivity contribution < 1.29 is 18.3 Å². The number of likely N-dealkylation sites (tertiary alicyclic amines) is 1. The molecule has 0 saturated carbocycles. The normalized spacial score (nSPS) is 21.4. The number of hydrogen-bond donors (Lipinski definition) is 0. The first-order valence-electron chi connectivity index (χ1n) is 6.06. The van der Waals surface area contributed by atoms with Crippen LogP contribution in [0.25, 0.3) is 0 Å². The van der Waals surface area contributed by atoms with Crippen LogP contribution in [0.3, 0.4) is 0 Å². The molecule has 1 aromatic rings. The second-order valence-electron chi connectivity index (χ2n) is 5.10. The van der Waals surface area contributed by atoms with Gasteiger partial charge in [-0.3, -0.25) is 4.90 Å². The molecule has 0 aromatic heterocycles. The van der Waals surface area contributed by atoms with E-state index in [0.717, 1.165) is 38.9 Å². The molecule has 0 aliphatic carbocycles. The van der Waals surface area contributed by atoms with E-state index in [1.165, 1.54) is 12.1 Å². The minimum absolute atomic E-state index is 0.0165. The Morgan fingerprint density at radius 2 is 2.06 bits per heavy atom. The Kier molecular flexibility index (Phi) is 2.95. The Balaban J connectivity index is 1.43. The Morgan fingerprint density at radius 3 is 2.72 bits per heavy atom. The lowest BCUT2D eigenvalue weighted by Gasteiger charge is -2.55. The third kappa shape index (κ3) is 2.08. The van der Waals surface area contributed by atoms with Crippen LogP contribution < -0.4 is 4.74 Å². The fraction of sp³-hybridized carbons (Fsp3) is 0.538. The molecule has 0 amide bonds. The van der Waals surface area contributed by atoms with Crippen molar-refractivity contribution in [2.75, 3.05) is 39.5 Å². The lowest BCUT2D eigenvalue weighted by Crippen LogP contribution is -2.66. The van der Waals surface area contributed by atoms with Gasteiger partial charge in [0.25, 0.3) is 0 Å². The molecule has 0 N–H and O–H groups in total. The predicted octanol–water partition coefficient (Wildman–Crippen LogP) is 1.68. The standard InChI is InChI=1S/C13H15F2NO2/c14-10-2-1-3-11(12(10)15)18-5-4-16-6-13(7-16)8-17-9-13/h1-3H,4-9H2. The van der Waals surface area contributed by atoms with Crippen molar-refractivity contribution in [2.45, 2.75) is 0 Å². The van der Waals surface area contributed by atoms with Gasteiger partial charge in [0.1, 0.15) is 6.61 Å². The first-order valence-corrected chi connectivity index (χ1v) is 6.06. The number of benzene rings is 1. The largest absolute Gasteiger partial charge is 0.489 e. The van der Waals surface area contributed by atoms with Crippen LogP contribution in [-0.2, 0) is 4.74 Å². The second-order valence-corrected chi connectivity index (χ2v) is 5.10. The van der Waals surface area contributed by atoms with Gasteiger partial charge in [-0.25, -0.2) is 4.39 Å². The molecular weight excluding hydrogens is 240 g/mol. The predicted molar refractivity (Wildman–Crippen MR) is 61.5 cm³/mol. The van der Waals surface area contributed by atoms with E-state index in [1.54, 1.807) is 0 Å². The van der Waals surface area contributed by atoms with E-state index in [9.17, 15) is 8.78 Å². The number of halogens is 2. The maximum Gasteiger partial charge on any atom is 0.200 e.